The van der Waals surface area contributed by atoms with E-state index in [4.69, 9.17) is 20.0 Å². The maximum absolute atomic E-state index is 12.8. The molecule has 3 unspecified atom stereocenters. The Morgan fingerprint density at radius 2 is 1.79 bits per heavy atom. The third kappa shape index (κ3) is 12.2. The van der Waals surface area contributed by atoms with Crippen LogP contribution in [-0.4, -0.2) is 55.1 Å². The first kappa shape index (κ1) is 36.0. The van der Waals surface area contributed by atoms with Crippen molar-refractivity contribution in [3.63, 3.8) is 0 Å². The van der Waals surface area contributed by atoms with Crippen LogP contribution in [0.5, 0.6) is 5.75 Å². The largest absolute Gasteiger partial charge is 0.494 e. The van der Waals surface area contributed by atoms with Crippen LogP contribution in [0.15, 0.2) is 41.3 Å². The minimum atomic E-state index is -1.48. The van der Waals surface area contributed by atoms with Gasteiger partial charge in [0, 0.05) is 18.1 Å². The normalized spacial score (nSPS) is 20.7. The van der Waals surface area contributed by atoms with Crippen molar-refractivity contribution < 1.29 is 23.3 Å². The van der Waals surface area contributed by atoms with Crippen molar-refractivity contribution in [3.8, 4) is 5.75 Å². The molecule has 1 saturated carbocycles. The second-order valence-electron chi connectivity index (χ2n) is 9.67. The number of carbonyl (C=O) groups is 2. The van der Waals surface area contributed by atoms with Gasteiger partial charge in [0.25, 0.3) is 0 Å². The highest BCUT2D eigenvalue weighted by Gasteiger charge is 2.45. The maximum Gasteiger partial charge on any atom is 0.236 e. The Kier molecular flexibility index (Phi) is 19.8. The van der Waals surface area contributed by atoms with E-state index in [1.54, 1.807) is 24.3 Å². The lowest BCUT2D eigenvalue weighted by atomic mass is 9.78. The molecular formula is C30H52N2O5S. The van der Waals surface area contributed by atoms with Crippen LogP contribution in [0.4, 0.5) is 0 Å². The second-order valence-corrected chi connectivity index (χ2v) is 11.5. The van der Waals surface area contributed by atoms with Crippen LogP contribution in [0.2, 0.25) is 0 Å². The number of carbonyl (C=O) groups excluding carboxylic acids is 2. The van der Waals surface area contributed by atoms with Crippen molar-refractivity contribution >= 4 is 23.5 Å². The van der Waals surface area contributed by atoms with Crippen molar-refractivity contribution in [2.75, 3.05) is 33.4 Å². The zero-order chi connectivity index (χ0) is 29.0. The van der Waals surface area contributed by atoms with Crippen LogP contribution in [-0.2, 0) is 25.1 Å². The third-order valence-electron chi connectivity index (χ3n) is 6.66. The van der Waals surface area contributed by atoms with Gasteiger partial charge in [-0.1, -0.05) is 46.3 Å². The molecule has 2 fully saturated rings. The monoisotopic (exact) mass is 552 g/mol. The average molecular weight is 553 g/mol. The van der Waals surface area contributed by atoms with E-state index in [2.05, 4.69) is 25.7 Å². The Morgan fingerprint density at radius 3 is 2.29 bits per heavy atom. The molecule has 0 spiro atoms. The predicted molar refractivity (Wildman–Crippen MR) is 158 cm³/mol. The first-order chi connectivity index (χ1) is 18.3. The molecule has 8 heteroatoms. The molecule has 0 radical (unpaired) electrons. The number of rotatable bonds is 10. The number of ether oxygens (including phenoxy) is 2. The first-order valence-corrected chi connectivity index (χ1v) is 15.1. The number of amides is 1. The van der Waals surface area contributed by atoms with Gasteiger partial charge in [-0.15, -0.1) is 0 Å². The SMILES string of the molecule is C=C1CC(C)CC(CCNC)C1.C=O.CC.CCCCOc1ccc(S(=O)C2(C(N)=O)CCOCC2)cc1. The van der Waals surface area contributed by atoms with Crippen LogP contribution >= 0.6 is 0 Å². The average Bonchev–Trinajstić information content (AvgIpc) is 2.94. The van der Waals surface area contributed by atoms with Crippen LogP contribution in [0.1, 0.15) is 79.1 Å². The van der Waals surface area contributed by atoms with E-state index < -0.39 is 21.5 Å². The van der Waals surface area contributed by atoms with Crippen LogP contribution in [0.25, 0.3) is 0 Å². The molecule has 218 valence electrons. The topological polar surface area (TPSA) is 108 Å². The first-order valence-electron chi connectivity index (χ1n) is 13.9. The van der Waals surface area contributed by atoms with Crippen LogP contribution in [0, 0.1) is 11.8 Å². The zero-order valence-corrected chi connectivity index (χ0v) is 25.2. The minimum Gasteiger partial charge on any atom is -0.494 e. The standard InChI is InChI=1S/C16H23NO4S.C11H21N.C2H6.CH2O/c1-2-3-10-21-13-4-6-14(7-5-13)22(19)16(15(17)18)8-11-20-12-9-16;1-9-6-10(2)8-11(7-9)4-5-12-3;2*1-2/h4-7H,2-3,8-12H2,1H3,(H2,17,18);10-12H,1,4-8H2,2-3H3;1-2H3;1H2. The molecule has 1 aliphatic carbocycles. The lowest BCUT2D eigenvalue weighted by Gasteiger charge is -2.33. The van der Waals surface area contributed by atoms with Gasteiger partial charge in [-0.05, 0) is 94.6 Å². The van der Waals surface area contributed by atoms with Gasteiger partial charge in [0.05, 0.1) is 17.4 Å². The van der Waals surface area contributed by atoms with E-state index in [-0.39, 0.29) is 0 Å². The number of unbranched alkanes of at least 4 members (excludes halogenated alkanes) is 1. The summed E-state index contributed by atoms with van der Waals surface area (Å²) in [5.74, 6) is 1.99. The summed E-state index contributed by atoms with van der Waals surface area (Å²) >= 11 is 0. The van der Waals surface area contributed by atoms with E-state index >= 15 is 0 Å². The van der Waals surface area contributed by atoms with Crippen LogP contribution in [0.3, 0.4) is 0 Å². The summed E-state index contributed by atoms with van der Waals surface area (Å²) in [5, 5.41) is 3.21. The summed E-state index contributed by atoms with van der Waals surface area (Å²) in [4.78, 5) is 20.5. The Hall–Kier alpha value is -2.03. The van der Waals surface area contributed by atoms with Gasteiger partial charge in [-0.25, -0.2) is 0 Å². The molecule has 1 saturated heterocycles. The fourth-order valence-electron chi connectivity index (χ4n) is 4.73. The predicted octanol–water partition coefficient (Wildman–Crippen LogP) is 5.44. The van der Waals surface area contributed by atoms with Crippen molar-refractivity contribution in [3.05, 3.63) is 36.4 Å². The van der Waals surface area contributed by atoms with Gasteiger partial charge in [0.1, 0.15) is 17.3 Å². The molecule has 1 aliphatic heterocycles. The third-order valence-corrected chi connectivity index (χ3v) is 8.68. The van der Waals surface area contributed by atoms with Crippen LogP contribution < -0.4 is 15.8 Å². The number of benzene rings is 1. The summed E-state index contributed by atoms with van der Waals surface area (Å²) in [6, 6.07) is 7.07. The number of hydrogen-bond donors (Lipinski definition) is 2. The highest BCUT2D eigenvalue weighted by molar-refractivity contribution is 7.87. The number of hydrogen-bond acceptors (Lipinski definition) is 6. The highest BCUT2D eigenvalue weighted by Crippen LogP contribution is 2.33. The van der Waals surface area contributed by atoms with Gasteiger partial charge in [0.2, 0.25) is 5.91 Å². The zero-order valence-electron chi connectivity index (χ0n) is 24.4. The Morgan fingerprint density at radius 1 is 1.18 bits per heavy atom. The molecule has 3 rings (SSSR count). The van der Waals surface area contributed by atoms with Gasteiger partial charge < -0.3 is 25.3 Å². The summed E-state index contributed by atoms with van der Waals surface area (Å²) in [6.45, 7) is 17.2. The van der Waals surface area contributed by atoms with Gasteiger partial charge >= 0.3 is 0 Å². The van der Waals surface area contributed by atoms with Crippen molar-refractivity contribution in [1.29, 1.82) is 0 Å². The van der Waals surface area contributed by atoms with Crippen molar-refractivity contribution in [2.45, 2.75) is 88.7 Å². The van der Waals surface area contributed by atoms with Gasteiger partial charge in [-0.3, -0.25) is 9.00 Å². The maximum atomic E-state index is 12.8. The van der Waals surface area contributed by atoms with E-state index in [1.165, 1.54) is 31.3 Å². The van der Waals surface area contributed by atoms with E-state index in [0.29, 0.717) is 37.6 Å². The van der Waals surface area contributed by atoms with Crippen molar-refractivity contribution in [2.24, 2.45) is 17.6 Å². The van der Waals surface area contributed by atoms with Crippen molar-refractivity contribution in [1.82, 2.24) is 5.32 Å². The molecule has 7 nitrogen and oxygen atoms in total. The molecule has 3 atom stereocenters. The molecular weight excluding hydrogens is 500 g/mol. The highest BCUT2D eigenvalue weighted by atomic mass is 32.2. The summed E-state index contributed by atoms with van der Waals surface area (Å²) in [5.41, 5.74) is 7.01. The molecule has 2 aliphatic rings. The number of primary amides is 1. The molecule has 0 aromatic heterocycles. The molecule has 1 amide bonds. The Bertz CT molecular complexity index is 809. The smallest absolute Gasteiger partial charge is 0.236 e. The lowest BCUT2D eigenvalue weighted by molar-refractivity contribution is -0.122. The van der Waals surface area contributed by atoms with Gasteiger partial charge in [0.15, 0.2) is 0 Å². The number of nitrogens with one attached hydrogen (secondary N) is 1. The number of nitrogens with two attached hydrogens (primary N) is 1. The fraction of sp³-hybridized carbons (Fsp3) is 0.667. The quantitative estimate of drug-likeness (QED) is 0.296. The minimum absolute atomic E-state index is 0.393. The summed E-state index contributed by atoms with van der Waals surface area (Å²) < 4.78 is 22.7. The lowest BCUT2D eigenvalue weighted by Crippen LogP contribution is -2.51. The second kappa shape index (κ2) is 20.9. The molecule has 3 N–H and O–H groups in total. The molecule has 1 aromatic carbocycles. The van der Waals surface area contributed by atoms with Gasteiger partial charge in [-0.2, -0.15) is 0 Å². The molecule has 0 bridgehead atoms. The van der Waals surface area contributed by atoms with E-state index in [0.717, 1.165) is 37.0 Å². The summed E-state index contributed by atoms with van der Waals surface area (Å²) in [6.07, 6.45) is 8.11. The van der Waals surface area contributed by atoms with E-state index in [9.17, 15) is 9.00 Å². The molecule has 1 heterocycles. The van der Waals surface area contributed by atoms with E-state index in [1.807, 2.05) is 27.7 Å². The Balaban J connectivity index is 0.000000723. The summed E-state index contributed by atoms with van der Waals surface area (Å²) in [7, 11) is 0.545. The molecule has 1 aromatic rings. The number of allylic oxidation sites excluding steroid dienone is 1. The Labute approximate surface area is 233 Å². The fourth-order valence-corrected chi connectivity index (χ4v) is 6.29. The molecule has 38 heavy (non-hydrogen) atoms.